The third kappa shape index (κ3) is 6.13. The van der Waals surface area contributed by atoms with Crippen LogP contribution in [0.2, 0.25) is 5.02 Å². The van der Waals surface area contributed by atoms with Gasteiger partial charge in [0.25, 0.3) is 11.8 Å². The fourth-order valence-electron chi connectivity index (χ4n) is 4.49. The van der Waals surface area contributed by atoms with Gasteiger partial charge in [0.15, 0.2) is 6.61 Å². The Kier molecular flexibility index (Phi) is 7.94. The van der Waals surface area contributed by atoms with Crippen molar-refractivity contribution in [3.63, 3.8) is 0 Å². The van der Waals surface area contributed by atoms with Crippen molar-refractivity contribution in [2.45, 2.75) is 0 Å². The number of para-hydroxylation sites is 1. The number of hydrogen-bond acceptors (Lipinski definition) is 6. The minimum absolute atomic E-state index is 0.0468. The molecule has 5 rings (SSSR count). The zero-order valence-electron chi connectivity index (χ0n) is 21.1. The summed E-state index contributed by atoms with van der Waals surface area (Å²) in [6, 6.07) is 25.6. The zero-order chi connectivity index (χ0) is 27.2. The topological polar surface area (TPSA) is 94.5 Å². The van der Waals surface area contributed by atoms with Crippen molar-refractivity contribution in [1.29, 1.82) is 0 Å². The molecular weight excluding hydrogens is 516 g/mol. The van der Waals surface area contributed by atoms with Crippen molar-refractivity contribution in [2.75, 3.05) is 37.7 Å². The van der Waals surface area contributed by atoms with E-state index >= 15 is 0 Å². The number of nitrogens with zero attached hydrogens (tertiary/aromatic N) is 3. The van der Waals surface area contributed by atoms with Crippen LogP contribution < -0.4 is 15.1 Å². The highest BCUT2D eigenvalue weighted by molar-refractivity contribution is 6.32. The van der Waals surface area contributed by atoms with E-state index in [9.17, 15) is 14.7 Å². The van der Waals surface area contributed by atoms with Crippen molar-refractivity contribution in [1.82, 2.24) is 10.3 Å². The van der Waals surface area contributed by atoms with E-state index in [-0.39, 0.29) is 28.8 Å². The molecule has 9 heteroatoms. The molecule has 8 nitrogen and oxygen atoms in total. The monoisotopic (exact) mass is 542 g/mol. The lowest BCUT2D eigenvalue weighted by Gasteiger charge is -2.36. The number of nitrogens with one attached hydrogen (secondary N) is 1. The normalized spacial score (nSPS) is 13.6. The Morgan fingerprint density at radius 3 is 2.38 bits per heavy atom. The lowest BCUT2D eigenvalue weighted by Crippen LogP contribution is -2.50. The Hall–Kier alpha value is -4.56. The van der Waals surface area contributed by atoms with Gasteiger partial charge in [-0.05, 0) is 47.9 Å². The summed E-state index contributed by atoms with van der Waals surface area (Å²) in [4.78, 5) is 29.4. The van der Waals surface area contributed by atoms with Crippen LogP contribution in [0.5, 0.6) is 11.5 Å². The second kappa shape index (κ2) is 11.9. The van der Waals surface area contributed by atoms with Crippen LogP contribution in [-0.2, 0) is 4.79 Å². The quantitative estimate of drug-likeness (QED) is 0.261. The Labute approximate surface area is 231 Å². The number of hydrogen-bond donors (Lipinski definition) is 2. The van der Waals surface area contributed by atoms with Gasteiger partial charge < -0.3 is 19.6 Å². The number of anilines is 1. The van der Waals surface area contributed by atoms with Gasteiger partial charge in [-0.2, -0.15) is 5.10 Å². The molecule has 0 radical (unpaired) electrons. The molecule has 2 N–H and O–H groups in total. The first-order chi connectivity index (χ1) is 19.0. The number of halogens is 1. The van der Waals surface area contributed by atoms with E-state index in [1.54, 1.807) is 12.3 Å². The number of benzene rings is 4. The number of hydrazone groups is 1. The minimum Gasteiger partial charge on any atom is -0.506 e. The van der Waals surface area contributed by atoms with Gasteiger partial charge in [0.1, 0.15) is 11.5 Å². The van der Waals surface area contributed by atoms with Gasteiger partial charge >= 0.3 is 0 Å². The van der Waals surface area contributed by atoms with Gasteiger partial charge in [-0.1, -0.05) is 54.1 Å². The van der Waals surface area contributed by atoms with Crippen molar-refractivity contribution < 1.29 is 19.4 Å². The molecule has 1 saturated heterocycles. The standard InChI is InChI=1S/C30H27ClN4O4/c31-26-18-21(10-12-27(26)36)30(38)33-32-19-22-11-13-28(25-9-5-4-8-24(22)25)39-20-29(37)35-16-14-34(15-17-35)23-6-2-1-3-7-23/h1-13,18-19,36H,14-17,20H2,(H,33,38). The van der Waals surface area contributed by atoms with Crippen LogP contribution in [0.3, 0.4) is 0 Å². The Morgan fingerprint density at radius 2 is 1.64 bits per heavy atom. The summed E-state index contributed by atoms with van der Waals surface area (Å²) in [6.45, 7) is 2.81. The van der Waals surface area contributed by atoms with Crippen LogP contribution in [-0.4, -0.2) is 60.8 Å². The van der Waals surface area contributed by atoms with E-state index in [0.29, 0.717) is 18.8 Å². The van der Waals surface area contributed by atoms with E-state index in [4.69, 9.17) is 16.3 Å². The molecule has 4 aromatic carbocycles. The molecular formula is C30H27ClN4O4. The summed E-state index contributed by atoms with van der Waals surface area (Å²) in [6.07, 6.45) is 1.55. The summed E-state index contributed by atoms with van der Waals surface area (Å²) in [5.74, 6) is -0.00498. The Balaban J connectivity index is 1.20. The van der Waals surface area contributed by atoms with Crippen LogP contribution in [0.4, 0.5) is 5.69 Å². The number of phenolic OH excluding ortho intramolecular Hbond substituents is 1. The molecule has 39 heavy (non-hydrogen) atoms. The predicted octanol–water partition coefficient (Wildman–Crippen LogP) is 4.69. The predicted molar refractivity (Wildman–Crippen MR) is 153 cm³/mol. The molecule has 0 saturated carbocycles. The molecule has 0 aromatic heterocycles. The second-order valence-corrected chi connectivity index (χ2v) is 9.46. The number of amides is 2. The largest absolute Gasteiger partial charge is 0.506 e. The first kappa shape index (κ1) is 26.1. The number of piperazine rings is 1. The van der Waals surface area contributed by atoms with Gasteiger partial charge in [0, 0.05) is 48.4 Å². The molecule has 0 unspecified atom stereocenters. The third-order valence-corrected chi connectivity index (χ3v) is 6.90. The number of ether oxygens (including phenoxy) is 1. The molecule has 1 aliphatic heterocycles. The maximum atomic E-state index is 12.9. The summed E-state index contributed by atoms with van der Waals surface area (Å²) < 4.78 is 5.97. The fraction of sp³-hybridized carbons (Fsp3) is 0.167. The number of fused-ring (bicyclic) bond motifs is 1. The number of aromatic hydroxyl groups is 1. The molecule has 0 aliphatic carbocycles. The van der Waals surface area contributed by atoms with Crippen LogP contribution in [0.1, 0.15) is 15.9 Å². The van der Waals surface area contributed by atoms with Gasteiger partial charge in [0.05, 0.1) is 11.2 Å². The van der Waals surface area contributed by atoms with Gasteiger partial charge in [-0.25, -0.2) is 5.43 Å². The van der Waals surface area contributed by atoms with Crippen LogP contribution in [0.15, 0.2) is 90.0 Å². The molecule has 0 atom stereocenters. The van der Waals surface area contributed by atoms with Crippen LogP contribution in [0, 0.1) is 0 Å². The fourth-order valence-corrected chi connectivity index (χ4v) is 4.67. The van der Waals surface area contributed by atoms with Crippen molar-refractivity contribution in [3.05, 3.63) is 101 Å². The number of carbonyl (C=O) groups is 2. The lowest BCUT2D eigenvalue weighted by atomic mass is 10.0. The van der Waals surface area contributed by atoms with Crippen molar-refractivity contribution in [3.8, 4) is 11.5 Å². The van der Waals surface area contributed by atoms with Crippen LogP contribution in [0.25, 0.3) is 10.8 Å². The molecule has 1 aliphatic rings. The van der Waals surface area contributed by atoms with Crippen LogP contribution >= 0.6 is 11.6 Å². The summed E-state index contributed by atoms with van der Waals surface area (Å²) in [7, 11) is 0. The van der Waals surface area contributed by atoms with E-state index in [1.807, 2.05) is 53.4 Å². The highest BCUT2D eigenvalue weighted by atomic mass is 35.5. The van der Waals surface area contributed by atoms with E-state index < -0.39 is 5.91 Å². The summed E-state index contributed by atoms with van der Waals surface area (Å²) in [5, 5.41) is 15.4. The zero-order valence-corrected chi connectivity index (χ0v) is 21.8. The van der Waals surface area contributed by atoms with E-state index in [2.05, 4.69) is 27.6 Å². The highest BCUT2D eigenvalue weighted by Gasteiger charge is 2.22. The highest BCUT2D eigenvalue weighted by Crippen LogP contribution is 2.28. The van der Waals surface area contributed by atoms with Gasteiger partial charge in [0.2, 0.25) is 0 Å². The summed E-state index contributed by atoms with van der Waals surface area (Å²) >= 11 is 5.88. The smallest absolute Gasteiger partial charge is 0.271 e. The SMILES string of the molecule is O=C(NN=Cc1ccc(OCC(=O)N2CCN(c3ccccc3)CC2)c2ccccc12)c1ccc(O)c(Cl)c1. The number of phenols is 1. The average Bonchev–Trinajstić information content (AvgIpc) is 2.98. The second-order valence-electron chi connectivity index (χ2n) is 9.06. The lowest BCUT2D eigenvalue weighted by molar-refractivity contribution is -0.133. The molecule has 198 valence electrons. The number of rotatable bonds is 7. The minimum atomic E-state index is -0.458. The van der Waals surface area contributed by atoms with E-state index in [0.717, 1.165) is 29.4 Å². The first-order valence-electron chi connectivity index (χ1n) is 12.5. The molecule has 2 amide bonds. The van der Waals surface area contributed by atoms with Gasteiger partial charge in [-0.3, -0.25) is 9.59 Å². The molecule has 0 spiro atoms. The van der Waals surface area contributed by atoms with E-state index in [1.165, 1.54) is 23.9 Å². The maximum absolute atomic E-state index is 12.9. The molecule has 1 fully saturated rings. The number of carbonyl (C=O) groups excluding carboxylic acids is 2. The first-order valence-corrected chi connectivity index (χ1v) is 12.9. The molecule has 4 aromatic rings. The summed E-state index contributed by atoms with van der Waals surface area (Å²) in [5.41, 5.74) is 4.68. The third-order valence-electron chi connectivity index (χ3n) is 6.60. The molecule has 1 heterocycles. The van der Waals surface area contributed by atoms with Crippen molar-refractivity contribution in [2.24, 2.45) is 5.10 Å². The molecule has 0 bridgehead atoms. The Morgan fingerprint density at radius 1 is 0.923 bits per heavy atom. The maximum Gasteiger partial charge on any atom is 0.271 e. The average molecular weight is 543 g/mol. The van der Waals surface area contributed by atoms with Gasteiger partial charge in [-0.15, -0.1) is 0 Å². The van der Waals surface area contributed by atoms with Crippen molar-refractivity contribution >= 4 is 46.1 Å². The Bertz CT molecular complexity index is 1520.